The molecule has 2 saturated heterocycles. The molecule has 0 amide bonds. The van der Waals surface area contributed by atoms with E-state index >= 15 is 0 Å². The molecule has 0 spiro atoms. The largest absolute Gasteiger partial charge is 0.335 e. The van der Waals surface area contributed by atoms with Crippen LogP contribution in [0.1, 0.15) is 50.1 Å². The second kappa shape index (κ2) is 5.57. The fraction of sp³-hybridized carbons (Fsp3) is 0.846. The van der Waals surface area contributed by atoms with Crippen LogP contribution in [0.5, 0.6) is 0 Å². The molecule has 0 aliphatic carbocycles. The molecule has 3 unspecified atom stereocenters. The molecule has 3 rings (SSSR count). The van der Waals surface area contributed by atoms with Crippen molar-refractivity contribution >= 4 is 15.8 Å². The molecule has 118 valence electrons. The van der Waals surface area contributed by atoms with Crippen LogP contribution in [0, 0.1) is 0 Å². The fourth-order valence-electron chi connectivity index (χ4n) is 3.25. The number of rotatable bonds is 2. The number of sulfone groups is 1. The smallest absolute Gasteiger partial charge is 0.245 e. The normalized spacial score (nSPS) is 33.0. The summed E-state index contributed by atoms with van der Waals surface area (Å²) in [5, 5.41) is 6.55. The van der Waals surface area contributed by atoms with E-state index in [0.717, 1.165) is 32.2 Å². The Hall–Kier alpha value is -1.15. The van der Waals surface area contributed by atoms with Gasteiger partial charge in [0.15, 0.2) is 9.84 Å². The molecule has 1 aromatic rings. The van der Waals surface area contributed by atoms with Crippen molar-refractivity contribution in [2.45, 2.75) is 56.4 Å². The maximum absolute atomic E-state index is 12.2. The molecular formula is C13H23N5O2S. The SMILES string of the molecule is CC1C(N)CCCN1c1n[nH]c(C2CCCCS2(=O)=O)n1. The van der Waals surface area contributed by atoms with Crippen LogP contribution in [0.15, 0.2) is 0 Å². The molecule has 0 saturated carbocycles. The van der Waals surface area contributed by atoms with Gasteiger partial charge in [0.2, 0.25) is 5.95 Å². The van der Waals surface area contributed by atoms with Gasteiger partial charge in [0.05, 0.1) is 5.75 Å². The molecule has 7 nitrogen and oxygen atoms in total. The number of H-pyrrole nitrogens is 1. The highest BCUT2D eigenvalue weighted by molar-refractivity contribution is 7.91. The quantitative estimate of drug-likeness (QED) is 0.835. The van der Waals surface area contributed by atoms with E-state index in [-0.39, 0.29) is 17.8 Å². The van der Waals surface area contributed by atoms with E-state index in [0.29, 0.717) is 18.2 Å². The molecule has 0 bridgehead atoms. The lowest BCUT2D eigenvalue weighted by Crippen LogP contribution is -2.51. The van der Waals surface area contributed by atoms with Crippen LogP contribution in [0.25, 0.3) is 0 Å². The second-order valence-corrected chi connectivity index (χ2v) is 8.42. The zero-order valence-electron chi connectivity index (χ0n) is 12.3. The maximum atomic E-state index is 12.2. The number of nitrogens with zero attached hydrogens (tertiary/aromatic N) is 3. The van der Waals surface area contributed by atoms with Crippen LogP contribution in [0.4, 0.5) is 5.95 Å². The lowest BCUT2D eigenvalue weighted by molar-refractivity contribution is 0.415. The summed E-state index contributed by atoms with van der Waals surface area (Å²) >= 11 is 0. The monoisotopic (exact) mass is 313 g/mol. The van der Waals surface area contributed by atoms with Gasteiger partial charge in [-0.15, -0.1) is 5.10 Å². The number of nitrogens with two attached hydrogens (primary N) is 1. The van der Waals surface area contributed by atoms with Gasteiger partial charge in [0.25, 0.3) is 0 Å². The Balaban J connectivity index is 1.83. The van der Waals surface area contributed by atoms with Crippen LogP contribution in [-0.4, -0.2) is 48.0 Å². The molecule has 0 aromatic carbocycles. The van der Waals surface area contributed by atoms with Crippen molar-refractivity contribution in [2.24, 2.45) is 5.73 Å². The van der Waals surface area contributed by atoms with Crippen LogP contribution in [0.2, 0.25) is 0 Å². The lowest BCUT2D eigenvalue weighted by Gasteiger charge is -2.36. The highest BCUT2D eigenvalue weighted by Gasteiger charge is 2.34. The zero-order chi connectivity index (χ0) is 15.0. The predicted molar refractivity (Wildman–Crippen MR) is 80.8 cm³/mol. The van der Waals surface area contributed by atoms with Crippen molar-refractivity contribution in [1.29, 1.82) is 0 Å². The first kappa shape index (κ1) is 14.8. The minimum atomic E-state index is -3.10. The van der Waals surface area contributed by atoms with E-state index < -0.39 is 15.1 Å². The first-order valence-electron chi connectivity index (χ1n) is 7.65. The molecule has 2 aliphatic heterocycles. The first-order valence-corrected chi connectivity index (χ1v) is 9.36. The average molecular weight is 313 g/mol. The molecule has 3 atom stereocenters. The zero-order valence-corrected chi connectivity index (χ0v) is 13.1. The first-order chi connectivity index (χ1) is 9.99. The summed E-state index contributed by atoms with van der Waals surface area (Å²) < 4.78 is 24.3. The third kappa shape index (κ3) is 2.78. The summed E-state index contributed by atoms with van der Waals surface area (Å²) in [4.78, 5) is 6.54. The minimum Gasteiger partial charge on any atom is -0.335 e. The molecule has 0 radical (unpaired) electrons. The van der Waals surface area contributed by atoms with Gasteiger partial charge in [0, 0.05) is 18.6 Å². The van der Waals surface area contributed by atoms with Crippen LogP contribution >= 0.6 is 0 Å². The maximum Gasteiger partial charge on any atom is 0.245 e. The van der Waals surface area contributed by atoms with Gasteiger partial charge in [-0.3, -0.25) is 5.10 Å². The van der Waals surface area contributed by atoms with E-state index in [1.165, 1.54) is 0 Å². The Bertz CT molecular complexity index is 599. The lowest BCUT2D eigenvalue weighted by atomic mass is 9.99. The predicted octanol–water partition coefficient (Wildman–Crippen LogP) is 0.760. The van der Waals surface area contributed by atoms with Crippen molar-refractivity contribution in [3.63, 3.8) is 0 Å². The highest BCUT2D eigenvalue weighted by Crippen LogP contribution is 2.32. The van der Waals surface area contributed by atoms with Crippen molar-refractivity contribution < 1.29 is 8.42 Å². The molecule has 3 heterocycles. The van der Waals surface area contributed by atoms with E-state index in [2.05, 4.69) is 27.0 Å². The van der Waals surface area contributed by atoms with Crippen molar-refractivity contribution in [3.05, 3.63) is 5.82 Å². The Morgan fingerprint density at radius 1 is 1.29 bits per heavy atom. The van der Waals surface area contributed by atoms with E-state index in [4.69, 9.17) is 5.73 Å². The van der Waals surface area contributed by atoms with Gasteiger partial charge in [-0.25, -0.2) is 8.42 Å². The number of aromatic amines is 1. The third-order valence-electron chi connectivity index (χ3n) is 4.68. The summed E-state index contributed by atoms with van der Waals surface area (Å²) in [7, 11) is -3.10. The summed E-state index contributed by atoms with van der Waals surface area (Å²) in [5.74, 6) is 1.31. The number of nitrogens with one attached hydrogen (secondary N) is 1. The van der Waals surface area contributed by atoms with Crippen molar-refractivity contribution in [2.75, 3.05) is 17.2 Å². The number of hydrogen-bond donors (Lipinski definition) is 2. The van der Waals surface area contributed by atoms with Gasteiger partial charge in [-0.1, -0.05) is 6.42 Å². The van der Waals surface area contributed by atoms with Gasteiger partial charge in [0.1, 0.15) is 11.1 Å². The Labute approximate surface area is 125 Å². The van der Waals surface area contributed by atoms with Gasteiger partial charge in [-0.05, 0) is 32.6 Å². The second-order valence-electron chi connectivity index (χ2n) is 6.11. The third-order valence-corrected chi connectivity index (χ3v) is 6.86. The standard InChI is InChI=1S/C13H23N5O2S/c1-9-10(14)5-4-7-18(9)13-15-12(16-17-13)11-6-2-3-8-21(11,19)20/h9-11H,2-8,14H2,1H3,(H,15,16,17). The van der Waals surface area contributed by atoms with Crippen LogP contribution < -0.4 is 10.6 Å². The van der Waals surface area contributed by atoms with Crippen molar-refractivity contribution in [3.8, 4) is 0 Å². The van der Waals surface area contributed by atoms with Gasteiger partial charge >= 0.3 is 0 Å². The fourth-order valence-corrected chi connectivity index (χ4v) is 5.12. The molecular weight excluding hydrogens is 290 g/mol. The van der Waals surface area contributed by atoms with E-state index in [9.17, 15) is 8.42 Å². The highest BCUT2D eigenvalue weighted by atomic mass is 32.2. The summed E-state index contributed by atoms with van der Waals surface area (Å²) in [6.07, 6.45) is 4.32. The molecule has 1 aromatic heterocycles. The summed E-state index contributed by atoms with van der Waals surface area (Å²) in [5.41, 5.74) is 6.10. The number of aromatic nitrogens is 3. The average Bonchev–Trinajstić information content (AvgIpc) is 2.90. The van der Waals surface area contributed by atoms with E-state index in [1.807, 2.05) is 0 Å². The molecule has 3 N–H and O–H groups in total. The van der Waals surface area contributed by atoms with E-state index in [1.54, 1.807) is 0 Å². The summed E-state index contributed by atoms with van der Waals surface area (Å²) in [6, 6.07) is 0.282. The van der Waals surface area contributed by atoms with Gasteiger partial charge < -0.3 is 10.6 Å². The number of anilines is 1. The topological polar surface area (TPSA) is 105 Å². The molecule has 2 aliphatic rings. The van der Waals surface area contributed by atoms with Crippen molar-refractivity contribution in [1.82, 2.24) is 15.2 Å². The molecule has 8 heteroatoms. The molecule has 2 fully saturated rings. The van der Waals surface area contributed by atoms with Crippen LogP contribution in [-0.2, 0) is 9.84 Å². The number of piperidine rings is 1. The van der Waals surface area contributed by atoms with Gasteiger partial charge in [-0.2, -0.15) is 4.98 Å². The summed E-state index contributed by atoms with van der Waals surface area (Å²) in [6.45, 7) is 2.93. The molecule has 21 heavy (non-hydrogen) atoms. The number of hydrogen-bond acceptors (Lipinski definition) is 6. The Kier molecular flexibility index (Phi) is 3.92. The minimum absolute atomic E-state index is 0.110. The van der Waals surface area contributed by atoms with Crippen LogP contribution in [0.3, 0.4) is 0 Å². The Morgan fingerprint density at radius 2 is 2.10 bits per heavy atom. The Morgan fingerprint density at radius 3 is 2.86 bits per heavy atom.